The second kappa shape index (κ2) is 9.86. The smallest absolute Gasteiger partial charge is 0.293 e. The molecular formula is C24H25N3O4. The molecule has 0 atom stereocenters. The van der Waals surface area contributed by atoms with Crippen LogP contribution in [-0.2, 0) is 10.3 Å². The molecule has 3 aromatic carbocycles. The van der Waals surface area contributed by atoms with Gasteiger partial charge in [-0.2, -0.15) is 0 Å². The highest BCUT2D eigenvalue weighted by atomic mass is 16.6. The van der Waals surface area contributed by atoms with E-state index >= 15 is 0 Å². The molecule has 0 saturated heterocycles. The van der Waals surface area contributed by atoms with Crippen molar-refractivity contribution in [2.75, 3.05) is 25.6 Å². The maximum atomic E-state index is 13.2. The summed E-state index contributed by atoms with van der Waals surface area (Å²) >= 11 is 0. The molecule has 0 aromatic heterocycles. The monoisotopic (exact) mass is 419 g/mol. The Balaban J connectivity index is 1.94. The van der Waals surface area contributed by atoms with Crippen LogP contribution in [0.4, 0.5) is 11.4 Å². The fourth-order valence-electron chi connectivity index (χ4n) is 3.41. The topological polar surface area (TPSA) is 93.5 Å². The Morgan fingerprint density at radius 2 is 1.58 bits per heavy atom. The third kappa shape index (κ3) is 5.07. The normalized spacial score (nSPS) is 11.0. The zero-order chi connectivity index (χ0) is 22.3. The summed E-state index contributed by atoms with van der Waals surface area (Å²) in [6, 6.07) is 23.7. The molecule has 0 heterocycles. The van der Waals surface area contributed by atoms with Gasteiger partial charge in [-0.25, -0.2) is 0 Å². The van der Waals surface area contributed by atoms with Crippen LogP contribution in [0.1, 0.15) is 28.4 Å². The van der Waals surface area contributed by atoms with E-state index in [9.17, 15) is 14.9 Å². The Morgan fingerprint density at radius 3 is 2.10 bits per heavy atom. The Hall–Kier alpha value is -3.71. The van der Waals surface area contributed by atoms with E-state index in [1.54, 1.807) is 19.2 Å². The molecule has 7 heteroatoms. The molecule has 0 unspecified atom stereocenters. The van der Waals surface area contributed by atoms with E-state index < -0.39 is 16.4 Å². The van der Waals surface area contributed by atoms with Gasteiger partial charge in [0.15, 0.2) is 0 Å². The minimum Gasteiger partial charge on any atom is -0.383 e. The highest BCUT2D eigenvalue weighted by Crippen LogP contribution is 2.31. The highest BCUT2D eigenvalue weighted by Gasteiger charge is 2.31. The van der Waals surface area contributed by atoms with Crippen LogP contribution in [0.5, 0.6) is 0 Å². The number of nitro benzene ring substituents is 1. The van der Waals surface area contributed by atoms with E-state index in [1.165, 1.54) is 6.07 Å². The number of nitrogens with zero attached hydrogens (tertiary/aromatic N) is 1. The number of carbonyl (C=O) groups excluding carboxylic acids is 1. The summed E-state index contributed by atoms with van der Waals surface area (Å²) in [5, 5.41) is 17.6. The molecule has 0 aliphatic heterocycles. The fourth-order valence-corrected chi connectivity index (χ4v) is 3.41. The van der Waals surface area contributed by atoms with E-state index in [1.807, 2.05) is 67.6 Å². The molecule has 1 amide bonds. The SMILES string of the molecule is COCCNc1ccc(C(=O)NC(C)(c2ccccc2)c2ccccc2)cc1[N+](=O)[O-]. The van der Waals surface area contributed by atoms with Gasteiger partial charge < -0.3 is 15.4 Å². The lowest BCUT2D eigenvalue weighted by Gasteiger charge is -2.32. The summed E-state index contributed by atoms with van der Waals surface area (Å²) in [7, 11) is 1.56. The van der Waals surface area contributed by atoms with Crippen molar-refractivity contribution < 1.29 is 14.5 Å². The third-order valence-electron chi connectivity index (χ3n) is 5.14. The van der Waals surface area contributed by atoms with Crippen molar-refractivity contribution in [3.05, 3.63) is 106 Å². The minimum atomic E-state index is -0.816. The van der Waals surface area contributed by atoms with Gasteiger partial charge in [-0.1, -0.05) is 60.7 Å². The average molecular weight is 419 g/mol. The van der Waals surface area contributed by atoms with Crippen molar-refractivity contribution in [3.8, 4) is 0 Å². The average Bonchev–Trinajstić information content (AvgIpc) is 2.80. The molecule has 160 valence electrons. The van der Waals surface area contributed by atoms with Gasteiger partial charge in [-0.3, -0.25) is 14.9 Å². The molecule has 7 nitrogen and oxygen atoms in total. The Morgan fingerprint density at radius 1 is 1.00 bits per heavy atom. The molecule has 0 spiro atoms. The van der Waals surface area contributed by atoms with Gasteiger partial charge in [0.05, 0.1) is 17.1 Å². The van der Waals surface area contributed by atoms with E-state index in [-0.39, 0.29) is 11.3 Å². The van der Waals surface area contributed by atoms with Crippen LogP contribution in [0.2, 0.25) is 0 Å². The van der Waals surface area contributed by atoms with Crippen LogP contribution in [0.15, 0.2) is 78.9 Å². The molecule has 0 fully saturated rings. The summed E-state index contributed by atoms with van der Waals surface area (Å²) in [5.74, 6) is -0.401. The Kier molecular flexibility index (Phi) is 6.99. The number of hydrogen-bond acceptors (Lipinski definition) is 5. The molecule has 3 aromatic rings. The fraction of sp³-hybridized carbons (Fsp3) is 0.208. The summed E-state index contributed by atoms with van der Waals surface area (Å²) < 4.78 is 4.97. The molecule has 0 aliphatic carbocycles. The number of methoxy groups -OCH3 is 1. The number of anilines is 1. The number of carbonyl (C=O) groups is 1. The van der Waals surface area contributed by atoms with E-state index in [4.69, 9.17) is 4.74 Å². The third-order valence-corrected chi connectivity index (χ3v) is 5.14. The van der Waals surface area contributed by atoms with Crippen LogP contribution in [0.25, 0.3) is 0 Å². The number of hydrogen-bond donors (Lipinski definition) is 2. The van der Waals surface area contributed by atoms with Crippen LogP contribution < -0.4 is 10.6 Å². The van der Waals surface area contributed by atoms with Crippen molar-refractivity contribution in [2.24, 2.45) is 0 Å². The van der Waals surface area contributed by atoms with E-state index in [0.29, 0.717) is 18.8 Å². The quantitative estimate of drug-likeness (QED) is 0.306. The first-order valence-electron chi connectivity index (χ1n) is 9.90. The van der Waals surface area contributed by atoms with Crippen molar-refractivity contribution in [2.45, 2.75) is 12.5 Å². The van der Waals surface area contributed by atoms with Gasteiger partial charge in [0.2, 0.25) is 0 Å². The van der Waals surface area contributed by atoms with E-state index in [2.05, 4.69) is 10.6 Å². The first kappa shape index (κ1) is 22.0. The molecule has 2 N–H and O–H groups in total. The maximum absolute atomic E-state index is 13.2. The number of nitrogens with one attached hydrogen (secondary N) is 2. The summed E-state index contributed by atoms with van der Waals surface area (Å²) in [6.45, 7) is 2.75. The van der Waals surface area contributed by atoms with Gasteiger partial charge in [0.1, 0.15) is 5.69 Å². The van der Waals surface area contributed by atoms with Crippen LogP contribution in [0, 0.1) is 10.1 Å². The zero-order valence-corrected chi connectivity index (χ0v) is 17.5. The molecule has 0 bridgehead atoms. The lowest BCUT2D eigenvalue weighted by Crippen LogP contribution is -2.44. The first-order valence-corrected chi connectivity index (χ1v) is 9.90. The summed E-state index contributed by atoms with van der Waals surface area (Å²) in [4.78, 5) is 24.2. The predicted octanol–water partition coefficient (Wildman–Crippen LogP) is 4.35. The molecule has 0 aliphatic rings. The van der Waals surface area contributed by atoms with Crippen LogP contribution in [-0.4, -0.2) is 31.1 Å². The highest BCUT2D eigenvalue weighted by molar-refractivity contribution is 5.96. The minimum absolute atomic E-state index is 0.162. The molecule has 3 rings (SSSR count). The summed E-state index contributed by atoms with van der Waals surface area (Å²) in [6.07, 6.45) is 0. The largest absolute Gasteiger partial charge is 0.383 e. The standard InChI is InChI=1S/C24H25N3O4/c1-24(19-9-5-3-6-10-19,20-11-7-4-8-12-20)26-23(28)18-13-14-21(25-15-16-31-2)22(17-18)27(29)30/h3-14,17,25H,15-16H2,1-2H3,(H,26,28). The number of rotatable bonds is 9. The predicted molar refractivity (Wildman–Crippen MR) is 120 cm³/mol. The van der Waals surface area contributed by atoms with E-state index in [0.717, 1.165) is 11.1 Å². The molecule has 0 radical (unpaired) electrons. The van der Waals surface area contributed by atoms with Crippen molar-refractivity contribution in [1.29, 1.82) is 0 Å². The maximum Gasteiger partial charge on any atom is 0.293 e. The van der Waals surface area contributed by atoms with Crippen molar-refractivity contribution in [3.63, 3.8) is 0 Å². The summed E-state index contributed by atoms with van der Waals surface area (Å²) in [5.41, 5.74) is 1.38. The van der Waals surface area contributed by atoms with Crippen LogP contribution >= 0.6 is 0 Å². The van der Waals surface area contributed by atoms with Gasteiger partial charge >= 0.3 is 0 Å². The Labute approximate surface area is 181 Å². The molecule has 0 saturated carbocycles. The van der Waals surface area contributed by atoms with Crippen LogP contribution in [0.3, 0.4) is 0 Å². The number of amides is 1. The zero-order valence-electron chi connectivity index (χ0n) is 17.5. The number of ether oxygens (including phenoxy) is 1. The van der Waals surface area contributed by atoms with Gasteiger partial charge in [0, 0.05) is 25.3 Å². The van der Waals surface area contributed by atoms with Gasteiger partial charge in [-0.15, -0.1) is 0 Å². The van der Waals surface area contributed by atoms with Crippen molar-refractivity contribution in [1.82, 2.24) is 5.32 Å². The Bertz CT molecular complexity index is 1000. The lowest BCUT2D eigenvalue weighted by molar-refractivity contribution is -0.384. The molecule has 31 heavy (non-hydrogen) atoms. The van der Waals surface area contributed by atoms with Crippen molar-refractivity contribution >= 4 is 17.3 Å². The second-order valence-corrected chi connectivity index (χ2v) is 7.22. The number of nitro groups is 1. The second-order valence-electron chi connectivity index (χ2n) is 7.22. The van der Waals surface area contributed by atoms with Gasteiger partial charge in [-0.05, 0) is 30.2 Å². The lowest BCUT2D eigenvalue weighted by atomic mass is 9.84. The number of benzene rings is 3. The van der Waals surface area contributed by atoms with Gasteiger partial charge in [0.25, 0.3) is 11.6 Å². The molecular weight excluding hydrogens is 394 g/mol. The first-order chi connectivity index (χ1) is 15.0.